The second-order valence-corrected chi connectivity index (χ2v) is 5.13. The van der Waals surface area contributed by atoms with Gasteiger partial charge in [0.2, 0.25) is 0 Å². The summed E-state index contributed by atoms with van der Waals surface area (Å²) in [4.78, 5) is 10.9. The maximum absolute atomic E-state index is 5.99. The Bertz CT molecular complexity index is 518. The van der Waals surface area contributed by atoms with Gasteiger partial charge in [-0.15, -0.1) is 22.9 Å². The fraction of sp³-hybridized carbons (Fsp3) is 0.455. The van der Waals surface area contributed by atoms with Crippen molar-refractivity contribution >= 4 is 39.0 Å². The van der Waals surface area contributed by atoms with E-state index in [9.17, 15) is 0 Å². The van der Waals surface area contributed by atoms with E-state index in [2.05, 4.69) is 14.9 Å². The van der Waals surface area contributed by atoms with Gasteiger partial charge in [-0.2, -0.15) is 0 Å². The largest absolute Gasteiger partial charge is 0.377 e. The third kappa shape index (κ3) is 1.99. The number of thiophene rings is 1. The van der Waals surface area contributed by atoms with E-state index in [-0.39, 0.29) is 6.04 Å². The molecule has 0 N–H and O–H groups in total. The number of alkyl halides is 1. The van der Waals surface area contributed by atoms with Crippen LogP contribution in [0.5, 0.6) is 0 Å². The summed E-state index contributed by atoms with van der Waals surface area (Å²) in [6.45, 7) is 2.23. The SMILES string of the molecule is ClCC1COCCN1c1ncnc2ccsc12. The van der Waals surface area contributed by atoms with Crippen LogP contribution >= 0.6 is 22.9 Å². The Morgan fingerprint density at radius 1 is 1.53 bits per heavy atom. The summed E-state index contributed by atoms with van der Waals surface area (Å²) >= 11 is 7.66. The van der Waals surface area contributed by atoms with E-state index in [1.54, 1.807) is 17.7 Å². The van der Waals surface area contributed by atoms with Crippen molar-refractivity contribution in [1.29, 1.82) is 0 Å². The van der Waals surface area contributed by atoms with E-state index in [1.807, 2.05) is 11.4 Å². The van der Waals surface area contributed by atoms with Gasteiger partial charge in [-0.25, -0.2) is 9.97 Å². The minimum absolute atomic E-state index is 0.200. The molecule has 1 aliphatic rings. The number of hydrogen-bond acceptors (Lipinski definition) is 5. The molecule has 4 nitrogen and oxygen atoms in total. The summed E-state index contributed by atoms with van der Waals surface area (Å²) in [5.41, 5.74) is 1.000. The van der Waals surface area contributed by atoms with Crippen molar-refractivity contribution < 1.29 is 4.74 Å². The molecule has 1 unspecified atom stereocenters. The van der Waals surface area contributed by atoms with Gasteiger partial charge < -0.3 is 9.64 Å². The molecule has 0 aliphatic carbocycles. The van der Waals surface area contributed by atoms with Crippen molar-refractivity contribution in [3.8, 4) is 0 Å². The first kappa shape index (κ1) is 11.2. The van der Waals surface area contributed by atoms with E-state index < -0.39 is 0 Å². The fourth-order valence-electron chi connectivity index (χ4n) is 2.04. The molecule has 1 atom stereocenters. The molecule has 0 radical (unpaired) electrons. The van der Waals surface area contributed by atoms with Gasteiger partial charge in [-0.1, -0.05) is 0 Å². The smallest absolute Gasteiger partial charge is 0.150 e. The van der Waals surface area contributed by atoms with Crippen LogP contribution in [-0.4, -0.2) is 41.6 Å². The predicted molar refractivity (Wildman–Crippen MR) is 70.1 cm³/mol. The number of ether oxygens (including phenoxy) is 1. The van der Waals surface area contributed by atoms with Gasteiger partial charge in [0, 0.05) is 12.4 Å². The van der Waals surface area contributed by atoms with Crippen molar-refractivity contribution in [3.05, 3.63) is 17.8 Å². The fourth-order valence-corrected chi connectivity index (χ4v) is 3.15. The maximum atomic E-state index is 5.99. The van der Waals surface area contributed by atoms with E-state index in [0.29, 0.717) is 12.5 Å². The number of fused-ring (bicyclic) bond motifs is 1. The number of rotatable bonds is 2. The molecule has 2 aromatic heterocycles. The van der Waals surface area contributed by atoms with Gasteiger partial charge in [-0.05, 0) is 11.4 Å². The Morgan fingerprint density at radius 3 is 3.35 bits per heavy atom. The lowest BCUT2D eigenvalue weighted by molar-refractivity contribution is 0.0995. The number of nitrogens with zero attached hydrogens (tertiary/aromatic N) is 3. The molecule has 6 heteroatoms. The quantitative estimate of drug-likeness (QED) is 0.783. The highest BCUT2D eigenvalue weighted by Crippen LogP contribution is 2.30. The second-order valence-electron chi connectivity index (χ2n) is 3.91. The Morgan fingerprint density at radius 2 is 2.47 bits per heavy atom. The lowest BCUT2D eigenvalue weighted by Crippen LogP contribution is -2.47. The second kappa shape index (κ2) is 4.76. The molecule has 0 aromatic carbocycles. The zero-order chi connectivity index (χ0) is 11.7. The molecule has 0 bridgehead atoms. The molecule has 1 fully saturated rings. The van der Waals surface area contributed by atoms with Crippen molar-refractivity contribution in [2.45, 2.75) is 6.04 Å². The molecule has 3 heterocycles. The normalized spacial score (nSPS) is 21.0. The molecule has 1 aliphatic heterocycles. The van der Waals surface area contributed by atoms with Crippen LogP contribution < -0.4 is 4.90 Å². The molecule has 3 rings (SSSR count). The van der Waals surface area contributed by atoms with Gasteiger partial charge in [-0.3, -0.25) is 0 Å². The molecular weight excluding hydrogens is 258 g/mol. The molecule has 90 valence electrons. The summed E-state index contributed by atoms with van der Waals surface area (Å²) in [7, 11) is 0. The van der Waals surface area contributed by atoms with E-state index in [0.717, 1.165) is 29.2 Å². The summed E-state index contributed by atoms with van der Waals surface area (Å²) < 4.78 is 6.58. The first-order valence-electron chi connectivity index (χ1n) is 5.48. The van der Waals surface area contributed by atoms with Gasteiger partial charge in [0.05, 0.1) is 29.5 Å². The molecule has 2 aromatic rings. The Balaban J connectivity index is 2.04. The Labute approximate surface area is 108 Å². The minimum atomic E-state index is 0.200. The minimum Gasteiger partial charge on any atom is -0.377 e. The van der Waals surface area contributed by atoms with Crippen LogP contribution in [0, 0.1) is 0 Å². The highest BCUT2D eigenvalue weighted by Gasteiger charge is 2.25. The standard InChI is InChI=1S/C11H12ClN3OS/c12-5-8-6-16-3-2-15(8)11-10-9(1-4-17-10)13-7-14-11/h1,4,7-8H,2-3,5-6H2. The number of anilines is 1. The first-order chi connectivity index (χ1) is 8.40. The van der Waals surface area contributed by atoms with Crippen molar-refractivity contribution in [3.63, 3.8) is 0 Å². The molecule has 1 saturated heterocycles. The van der Waals surface area contributed by atoms with Gasteiger partial charge in [0.1, 0.15) is 12.1 Å². The van der Waals surface area contributed by atoms with Gasteiger partial charge >= 0.3 is 0 Å². The number of aromatic nitrogens is 2. The lowest BCUT2D eigenvalue weighted by atomic mass is 10.2. The predicted octanol–water partition coefficient (Wildman–Crippen LogP) is 2.14. The van der Waals surface area contributed by atoms with Crippen LogP contribution in [0.3, 0.4) is 0 Å². The maximum Gasteiger partial charge on any atom is 0.150 e. The topological polar surface area (TPSA) is 38.2 Å². The highest BCUT2D eigenvalue weighted by atomic mass is 35.5. The molecule has 17 heavy (non-hydrogen) atoms. The van der Waals surface area contributed by atoms with Crippen molar-refractivity contribution in [2.24, 2.45) is 0 Å². The molecular formula is C11H12ClN3OS. The van der Waals surface area contributed by atoms with Crippen molar-refractivity contribution in [2.75, 3.05) is 30.5 Å². The van der Waals surface area contributed by atoms with Crippen LogP contribution in [0.2, 0.25) is 0 Å². The van der Waals surface area contributed by atoms with E-state index in [4.69, 9.17) is 16.3 Å². The van der Waals surface area contributed by atoms with Crippen molar-refractivity contribution in [1.82, 2.24) is 9.97 Å². The summed E-state index contributed by atoms with van der Waals surface area (Å²) in [6, 6.07) is 2.21. The summed E-state index contributed by atoms with van der Waals surface area (Å²) in [6.07, 6.45) is 1.62. The van der Waals surface area contributed by atoms with Crippen LogP contribution in [-0.2, 0) is 4.74 Å². The molecule has 0 saturated carbocycles. The third-order valence-corrected chi connectivity index (χ3v) is 4.16. The average molecular weight is 270 g/mol. The number of hydrogen-bond donors (Lipinski definition) is 0. The van der Waals surface area contributed by atoms with Crippen LogP contribution in [0.15, 0.2) is 17.8 Å². The van der Waals surface area contributed by atoms with Crippen LogP contribution in [0.1, 0.15) is 0 Å². The van der Waals surface area contributed by atoms with Crippen LogP contribution in [0.25, 0.3) is 10.2 Å². The Hall–Kier alpha value is -0.910. The monoisotopic (exact) mass is 269 g/mol. The summed E-state index contributed by atoms with van der Waals surface area (Å²) in [5.74, 6) is 1.54. The van der Waals surface area contributed by atoms with Gasteiger partial charge in [0.15, 0.2) is 0 Å². The van der Waals surface area contributed by atoms with E-state index >= 15 is 0 Å². The third-order valence-electron chi connectivity index (χ3n) is 2.90. The zero-order valence-electron chi connectivity index (χ0n) is 9.17. The summed E-state index contributed by atoms with van der Waals surface area (Å²) in [5, 5.41) is 2.04. The average Bonchev–Trinajstić information content (AvgIpc) is 2.86. The zero-order valence-corrected chi connectivity index (χ0v) is 10.7. The van der Waals surface area contributed by atoms with E-state index in [1.165, 1.54) is 0 Å². The molecule has 0 amide bonds. The Kier molecular flexibility index (Phi) is 3.13. The van der Waals surface area contributed by atoms with Crippen LogP contribution in [0.4, 0.5) is 5.82 Å². The highest BCUT2D eigenvalue weighted by molar-refractivity contribution is 7.17. The van der Waals surface area contributed by atoms with Gasteiger partial charge in [0.25, 0.3) is 0 Å². The number of morpholine rings is 1. The number of halogens is 1. The lowest BCUT2D eigenvalue weighted by Gasteiger charge is -2.35. The molecule has 0 spiro atoms. The first-order valence-corrected chi connectivity index (χ1v) is 6.90.